The average Bonchev–Trinajstić information content (AvgIpc) is 3.01. The van der Waals surface area contributed by atoms with E-state index in [-0.39, 0.29) is 0 Å². The summed E-state index contributed by atoms with van der Waals surface area (Å²) in [6.07, 6.45) is 5.63. The van der Waals surface area contributed by atoms with E-state index in [1.165, 1.54) is 51.9 Å². The Hall–Kier alpha value is -0.0800. The van der Waals surface area contributed by atoms with E-state index in [2.05, 4.69) is 31.0 Å². The lowest BCUT2D eigenvalue weighted by atomic mass is 9.98. The predicted octanol–water partition coefficient (Wildman–Crippen LogP) is 2.74. The van der Waals surface area contributed by atoms with E-state index < -0.39 is 0 Å². The topological polar surface area (TPSA) is 15.3 Å². The van der Waals surface area contributed by atoms with Crippen LogP contribution in [0.1, 0.15) is 46.5 Å². The lowest BCUT2D eigenvalue weighted by Gasteiger charge is -2.27. The molecule has 0 bridgehead atoms. The maximum Gasteiger partial charge on any atom is 0.0223 e. The molecule has 0 aromatic rings. The fourth-order valence-corrected chi connectivity index (χ4v) is 3.32. The van der Waals surface area contributed by atoms with Gasteiger partial charge >= 0.3 is 0 Å². The van der Waals surface area contributed by atoms with Crippen molar-refractivity contribution >= 4 is 0 Å². The molecule has 2 fully saturated rings. The van der Waals surface area contributed by atoms with Crippen LogP contribution >= 0.6 is 0 Å². The fraction of sp³-hybridized carbons (Fsp3) is 1.00. The predicted molar refractivity (Wildman–Crippen MR) is 74.2 cm³/mol. The minimum atomic E-state index is 0.795. The second-order valence-corrected chi connectivity index (χ2v) is 6.75. The molecule has 1 N–H and O–H groups in total. The van der Waals surface area contributed by atoms with Crippen LogP contribution in [0.5, 0.6) is 0 Å². The van der Waals surface area contributed by atoms with Gasteiger partial charge in [0.1, 0.15) is 0 Å². The van der Waals surface area contributed by atoms with Gasteiger partial charge in [-0.15, -0.1) is 0 Å². The summed E-state index contributed by atoms with van der Waals surface area (Å²) in [7, 11) is 0. The summed E-state index contributed by atoms with van der Waals surface area (Å²) in [6, 6.07) is 0.795. The van der Waals surface area contributed by atoms with Crippen molar-refractivity contribution in [1.82, 2.24) is 10.2 Å². The molecule has 2 atom stereocenters. The molecular weight excluding hydrogens is 208 g/mol. The van der Waals surface area contributed by atoms with Gasteiger partial charge < -0.3 is 10.2 Å². The second kappa shape index (κ2) is 6.19. The van der Waals surface area contributed by atoms with Gasteiger partial charge in [-0.3, -0.25) is 0 Å². The molecule has 17 heavy (non-hydrogen) atoms. The maximum absolute atomic E-state index is 3.75. The lowest BCUT2D eigenvalue weighted by Crippen LogP contribution is -2.40. The smallest absolute Gasteiger partial charge is 0.0223 e. The minimum absolute atomic E-state index is 0.795. The first-order valence-electron chi connectivity index (χ1n) is 7.61. The quantitative estimate of drug-likeness (QED) is 0.792. The Balaban J connectivity index is 1.77. The fourth-order valence-electron chi connectivity index (χ4n) is 3.32. The number of hydrogen-bond acceptors (Lipinski definition) is 2. The van der Waals surface area contributed by atoms with Crippen molar-refractivity contribution in [3.05, 3.63) is 0 Å². The highest BCUT2D eigenvalue weighted by Gasteiger charge is 2.33. The van der Waals surface area contributed by atoms with E-state index in [1.807, 2.05) is 0 Å². The van der Waals surface area contributed by atoms with E-state index in [4.69, 9.17) is 0 Å². The van der Waals surface area contributed by atoms with Gasteiger partial charge in [0.05, 0.1) is 0 Å². The molecule has 0 spiro atoms. The van der Waals surface area contributed by atoms with Gasteiger partial charge in [0.15, 0.2) is 0 Å². The molecule has 1 aliphatic carbocycles. The van der Waals surface area contributed by atoms with Crippen molar-refractivity contribution in [2.45, 2.75) is 52.5 Å². The lowest BCUT2D eigenvalue weighted by molar-refractivity contribution is 0.214. The third kappa shape index (κ3) is 4.59. The number of nitrogens with one attached hydrogen (secondary N) is 1. The Morgan fingerprint density at radius 2 is 2.00 bits per heavy atom. The molecule has 2 nitrogen and oxygen atoms in total. The molecule has 0 amide bonds. The van der Waals surface area contributed by atoms with Crippen LogP contribution in [-0.2, 0) is 0 Å². The second-order valence-electron chi connectivity index (χ2n) is 6.75. The van der Waals surface area contributed by atoms with E-state index in [0.717, 1.165) is 23.8 Å². The number of rotatable bonds is 5. The zero-order valence-electron chi connectivity index (χ0n) is 11.9. The van der Waals surface area contributed by atoms with Gasteiger partial charge in [-0.05, 0) is 56.5 Å². The molecule has 1 saturated heterocycles. The third-order valence-electron chi connectivity index (χ3n) is 4.15. The van der Waals surface area contributed by atoms with Crippen LogP contribution in [-0.4, -0.2) is 37.1 Å². The van der Waals surface area contributed by atoms with Gasteiger partial charge in [0.2, 0.25) is 0 Å². The van der Waals surface area contributed by atoms with E-state index in [1.54, 1.807) is 0 Å². The van der Waals surface area contributed by atoms with Crippen molar-refractivity contribution in [3.8, 4) is 0 Å². The van der Waals surface area contributed by atoms with Crippen LogP contribution in [0.4, 0.5) is 0 Å². The highest BCUT2D eigenvalue weighted by molar-refractivity contribution is 4.90. The van der Waals surface area contributed by atoms with Crippen LogP contribution in [0.15, 0.2) is 0 Å². The average molecular weight is 238 g/mol. The summed E-state index contributed by atoms with van der Waals surface area (Å²) in [5, 5.41) is 3.75. The largest absolute Gasteiger partial charge is 0.312 e. The minimum Gasteiger partial charge on any atom is -0.312 e. The van der Waals surface area contributed by atoms with Crippen molar-refractivity contribution in [2.75, 3.05) is 26.2 Å². The Morgan fingerprint density at radius 1 is 1.24 bits per heavy atom. The molecule has 2 unspecified atom stereocenters. The van der Waals surface area contributed by atoms with Crippen LogP contribution in [0.25, 0.3) is 0 Å². The van der Waals surface area contributed by atoms with Crippen molar-refractivity contribution in [2.24, 2.45) is 17.8 Å². The summed E-state index contributed by atoms with van der Waals surface area (Å²) < 4.78 is 0. The first-order chi connectivity index (χ1) is 8.15. The monoisotopic (exact) mass is 238 g/mol. The first kappa shape index (κ1) is 13.4. The molecule has 1 saturated carbocycles. The van der Waals surface area contributed by atoms with Crippen LogP contribution < -0.4 is 5.32 Å². The van der Waals surface area contributed by atoms with Crippen LogP contribution in [0, 0.1) is 17.8 Å². The standard InChI is InChI=1S/C15H30N2/c1-12(2)9-13(3)10-17-8-4-7-16-15(11-17)14-5-6-14/h12-16H,4-11H2,1-3H3. The molecule has 0 aromatic carbocycles. The Morgan fingerprint density at radius 3 is 2.65 bits per heavy atom. The normalized spacial score (nSPS) is 29.3. The molecular formula is C15H30N2. The Bertz CT molecular complexity index is 223. The molecule has 0 radical (unpaired) electrons. The molecule has 1 aliphatic heterocycles. The summed E-state index contributed by atoms with van der Waals surface area (Å²) in [5.41, 5.74) is 0. The molecule has 2 aliphatic rings. The van der Waals surface area contributed by atoms with Crippen LogP contribution in [0.2, 0.25) is 0 Å². The van der Waals surface area contributed by atoms with Crippen molar-refractivity contribution < 1.29 is 0 Å². The number of hydrogen-bond donors (Lipinski definition) is 1. The van der Waals surface area contributed by atoms with Crippen molar-refractivity contribution in [1.29, 1.82) is 0 Å². The molecule has 1 heterocycles. The van der Waals surface area contributed by atoms with Gasteiger partial charge in [-0.2, -0.15) is 0 Å². The van der Waals surface area contributed by atoms with E-state index in [0.29, 0.717) is 0 Å². The van der Waals surface area contributed by atoms with Gasteiger partial charge in [0.25, 0.3) is 0 Å². The summed E-state index contributed by atoms with van der Waals surface area (Å²) >= 11 is 0. The SMILES string of the molecule is CC(C)CC(C)CN1CCCNC(C2CC2)C1. The third-order valence-corrected chi connectivity index (χ3v) is 4.15. The van der Waals surface area contributed by atoms with Gasteiger partial charge in [0, 0.05) is 19.1 Å². The van der Waals surface area contributed by atoms with E-state index >= 15 is 0 Å². The molecule has 100 valence electrons. The Kier molecular flexibility index (Phi) is 4.87. The summed E-state index contributed by atoms with van der Waals surface area (Å²) in [5.74, 6) is 2.69. The van der Waals surface area contributed by atoms with Gasteiger partial charge in [-0.25, -0.2) is 0 Å². The molecule has 2 rings (SSSR count). The first-order valence-corrected chi connectivity index (χ1v) is 7.61. The number of nitrogens with zero attached hydrogens (tertiary/aromatic N) is 1. The van der Waals surface area contributed by atoms with Gasteiger partial charge in [-0.1, -0.05) is 20.8 Å². The maximum atomic E-state index is 3.75. The zero-order valence-corrected chi connectivity index (χ0v) is 11.9. The highest BCUT2D eigenvalue weighted by atomic mass is 15.2. The molecule has 2 heteroatoms. The zero-order chi connectivity index (χ0) is 12.3. The summed E-state index contributed by atoms with van der Waals surface area (Å²) in [6.45, 7) is 12.2. The van der Waals surface area contributed by atoms with Crippen LogP contribution in [0.3, 0.4) is 0 Å². The summed E-state index contributed by atoms with van der Waals surface area (Å²) in [4.78, 5) is 2.72. The highest BCUT2D eigenvalue weighted by Crippen LogP contribution is 2.33. The van der Waals surface area contributed by atoms with E-state index in [9.17, 15) is 0 Å². The van der Waals surface area contributed by atoms with Crippen molar-refractivity contribution in [3.63, 3.8) is 0 Å². The Labute approximate surface area is 107 Å². The molecule has 0 aromatic heterocycles.